The topological polar surface area (TPSA) is 57.6 Å². The molecule has 0 bridgehead atoms. The van der Waals surface area contributed by atoms with Crippen LogP contribution in [0.15, 0.2) is 40.8 Å². The lowest BCUT2D eigenvalue weighted by Crippen LogP contribution is -2.15. The molecule has 2 rings (SSSR count). The Bertz CT molecular complexity index is 504. The summed E-state index contributed by atoms with van der Waals surface area (Å²) >= 11 is 0. The number of hydrogen-bond donors (Lipinski definition) is 1. The van der Waals surface area contributed by atoms with E-state index in [1.54, 1.807) is 7.11 Å². The first-order chi connectivity index (χ1) is 9.22. The summed E-state index contributed by atoms with van der Waals surface area (Å²) in [4.78, 5) is 0. The zero-order chi connectivity index (χ0) is 13.7. The van der Waals surface area contributed by atoms with Crippen molar-refractivity contribution in [3.63, 3.8) is 0 Å². The second-order valence-corrected chi connectivity index (χ2v) is 4.33. The lowest BCUT2D eigenvalue weighted by molar-refractivity contribution is 0.0309. The van der Waals surface area contributed by atoms with E-state index in [0.717, 1.165) is 22.8 Å². The molecule has 0 saturated carbocycles. The van der Waals surface area contributed by atoms with Crippen LogP contribution in [0.3, 0.4) is 0 Å². The quantitative estimate of drug-likeness (QED) is 0.868. The van der Waals surface area contributed by atoms with Crippen LogP contribution < -0.4 is 10.5 Å². The van der Waals surface area contributed by atoms with Gasteiger partial charge in [0.15, 0.2) is 0 Å². The molecule has 1 heterocycles. The molecular weight excluding hydrogens is 242 g/mol. The Morgan fingerprint density at radius 2 is 1.89 bits per heavy atom. The number of aryl methyl sites for hydroxylation is 1. The molecular formula is C15H19NO3. The van der Waals surface area contributed by atoms with E-state index in [1.807, 2.05) is 43.3 Å². The van der Waals surface area contributed by atoms with E-state index in [1.165, 1.54) is 0 Å². The fourth-order valence-corrected chi connectivity index (χ4v) is 1.81. The molecule has 0 saturated heterocycles. The van der Waals surface area contributed by atoms with E-state index < -0.39 is 0 Å². The molecule has 0 radical (unpaired) electrons. The summed E-state index contributed by atoms with van der Waals surface area (Å²) in [7, 11) is 1.65. The van der Waals surface area contributed by atoms with Gasteiger partial charge in [-0.3, -0.25) is 0 Å². The van der Waals surface area contributed by atoms with Gasteiger partial charge in [-0.05, 0) is 36.8 Å². The van der Waals surface area contributed by atoms with Gasteiger partial charge in [0.05, 0.1) is 13.7 Å². The van der Waals surface area contributed by atoms with Gasteiger partial charge in [0.1, 0.15) is 23.4 Å². The van der Waals surface area contributed by atoms with E-state index in [4.69, 9.17) is 19.6 Å². The van der Waals surface area contributed by atoms with Crippen molar-refractivity contribution in [3.8, 4) is 5.75 Å². The number of rotatable bonds is 6. The highest BCUT2D eigenvalue weighted by atomic mass is 16.5. The maximum atomic E-state index is 5.79. The molecule has 4 nitrogen and oxygen atoms in total. The Balaban J connectivity index is 1.95. The minimum absolute atomic E-state index is 0.212. The first kappa shape index (κ1) is 13.6. The van der Waals surface area contributed by atoms with Gasteiger partial charge in [-0.25, -0.2) is 0 Å². The highest BCUT2D eigenvalue weighted by Gasteiger charge is 2.14. The maximum absolute atomic E-state index is 5.79. The van der Waals surface area contributed by atoms with Crippen molar-refractivity contribution in [2.24, 2.45) is 5.73 Å². The van der Waals surface area contributed by atoms with Gasteiger partial charge in [0.25, 0.3) is 0 Å². The number of furan rings is 1. The monoisotopic (exact) mass is 261 g/mol. The molecule has 0 aliphatic heterocycles. The summed E-state index contributed by atoms with van der Waals surface area (Å²) in [5.74, 6) is 2.47. The second-order valence-electron chi connectivity index (χ2n) is 4.33. The molecule has 0 fully saturated rings. The zero-order valence-corrected chi connectivity index (χ0v) is 11.3. The maximum Gasteiger partial charge on any atom is 0.134 e. The van der Waals surface area contributed by atoms with Crippen LogP contribution in [0.2, 0.25) is 0 Å². The van der Waals surface area contributed by atoms with Crippen LogP contribution in [0, 0.1) is 6.92 Å². The third-order valence-electron chi connectivity index (χ3n) is 2.90. The molecule has 2 aromatic rings. The molecule has 1 aromatic heterocycles. The summed E-state index contributed by atoms with van der Waals surface area (Å²) < 4.78 is 16.4. The van der Waals surface area contributed by atoms with Crippen LogP contribution in [-0.2, 0) is 11.3 Å². The van der Waals surface area contributed by atoms with Gasteiger partial charge in [0, 0.05) is 6.54 Å². The first-order valence-corrected chi connectivity index (χ1v) is 6.24. The molecule has 1 atom stereocenters. The van der Waals surface area contributed by atoms with Crippen LogP contribution in [0.25, 0.3) is 0 Å². The molecule has 1 aromatic carbocycles. The Hall–Kier alpha value is -1.78. The molecule has 102 valence electrons. The summed E-state index contributed by atoms with van der Waals surface area (Å²) in [6, 6.07) is 11.6. The van der Waals surface area contributed by atoms with Gasteiger partial charge >= 0.3 is 0 Å². The van der Waals surface area contributed by atoms with Crippen LogP contribution in [0.5, 0.6) is 5.75 Å². The highest BCUT2D eigenvalue weighted by Crippen LogP contribution is 2.21. The van der Waals surface area contributed by atoms with E-state index in [-0.39, 0.29) is 6.10 Å². The average Bonchev–Trinajstić information content (AvgIpc) is 2.87. The van der Waals surface area contributed by atoms with Crippen LogP contribution in [-0.4, -0.2) is 13.7 Å². The molecule has 0 aliphatic carbocycles. The van der Waals surface area contributed by atoms with Crippen LogP contribution >= 0.6 is 0 Å². The molecule has 0 amide bonds. The smallest absolute Gasteiger partial charge is 0.134 e. The Kier molecular flexibility index (Phi) is 4.60. The fraction of sp³-hybridized carbons (Fsp3) is 0.333. The molecule has 0 spiro atoms. The molecule has 2 N–H and O–H groups in total. The second kappa shape index (κ2) is 6.41. The van der Waals surface area contributed by atoms with E-state index in [9.17, 15) is 0 Å². The van der Waals surface area contributed by atoms with Crippen molar-refractivity contribution in [1.82, 2.24) is 0 Å². The molecule has 1 unspecified atom stereocenters. The third-order valence-corrected chi connectivity index (χ3v) is 2.90. The minimum Gasteiger partial charge on any atom is -0.497 e. The van der Waals surface area contributed by atoms with Crippen molar-refractivity contribution < 1.29 is 13.9 Å². The molecule has 4 heteroatoms. The summed E-state index contributed by atoms with van der Waals surface area (Å²) in [5.41, 5.74) is 6.79. The Morgan fingerprint density at radius 1 is 1.16 bits per heavy atom. The third kappa shape index (κ3) is 3.59. The number of hydrogen-bond acceptors (Lipinski definition) is 4. The van der Waals surface area contributed by atoms with Crippen molar-refractivity contribution in [2.45, 2.75) is 19.6 Å². The number of nitrogens with two attached hydrogens (primary N) is 1. The van der Waals surface area contributed by atoms with Crippen molar-refractivity contribution in [3.05, 3.63) is 53.5 Å². The standard InChI is InChI=1S/C15H19NO3/c1-11-3-8-14(19-11)15(9-16)18-10-12-4-6-13(17-2)7-5-12/h3-8,15H,9-10,16H2,1-2H3. The molecule has 0 aliphatic rings. The highest BCUT2D eigenvalue weighted by molar-refractivity contribution is 5.26. The van der Waals surface area contributed by atoms with E-state index >= 15 is 0 Å². The van der Waals surface area contributed by atoms with Crippen molar-refractivity contribution in [2.75, 3.05) is 13.7 Å². The van der Waals surface area contributed by atoms with Gasteiger partial charge in [-0.2, -0.15) is 0 Å². The van der Waals surface area contributed by atoms with Crippen molar-refractivity contribution in [1.29, 1.82) is 0 Å². The normalized spacial score (nSPS) is 12.4. The lowest BCUT2D eigenvalue weighted by Gasteiger charge is -2.13. The predicted molar refractivity (Wildman–Crippen MR) is 73.0 cm³/mol. The van der Waals surface area contributed by atoms with Gasteiger partial charge in [0.2, 0.25) is 0 Å². The Labute approximate surface area is 113 Å². The summed E-state index contributed by atoms with van der Waals surface area (Å²) in [6.45, 7) is 2.79. The van der Waals surface area contributed by atoms with Gasteiger partial charge in [-0.1, -0.05) is 12.1 Å². The molecule has 19 heavy (non-hydrogen) atoms. The number of methoxy groups -OCH3 is 1. The average molecular weight is 261 g/mol. The Morgan fingerprint density at radius 3 is 2.42 bits per heavy atom. The number of benzene rings is 1. The van der Waals surface area contributed by atoms with E-state index in [0.29, 0.717) is 13.2 Å². The summed E-state index contributed by atoms with van der Waals surface area (Å²) in [6.07, 6.45) is -0.212. The lowest BCUT2D eigenvalue weighted by atomic mass is 10.2. The van der Waals surface area contributed by atoms with E-state index in [2.05, 4.69) is 0 Å². The zero-order valence-electron chi connectivity index (χ0n) is 11.3. The fourth-order valence-electron chi connectivity index (χ4n) is 1.81. The SMILES string of the molecule is COc1ccc(COC(CN)c2ccc(C)o2)cc1. The largest absolute Gasteiger partial charge is 0.497 e. The van der Waals surface area contributed by atoms with Crippen molar-refractivity contribution >= 4 is 0 Å². The minimum atomic E-state index is -0.212. The first-order valence-electron chi connectivity index (χ1n) is 6.24. The van der Waals surface area contributed by atoms with Gasteiger partial charge < -0.3 is 19.6 Å². The van der Waals surface area contributed by atoms with Gasteiger partial charge in [-0.15, -0.1) is 0 Å². The summed E-state index contributed by atoms with van der Waals surface area (Å²) in [5, 5.41) is 0. The predicted octanol–water partition coefficient (Wildman–Crippen LogP) is 2.81. The number of ether oxygens (including phenoxy) is 2. The van der Waals surface area contributed by atoms with Crippen LogP contribution in [0.4, 0.5) is 0 Å². The van der Waals surface area contributed by atoms with Crippen LogP contribution in [0.1, 0.15) is 23.2 Å².